The molecule has 0 unspecified atom stereocenters. The first-order valence-corrected chi connectivity index (χ1v) is 7.95. The topological polar surface area (TPSA) is 36.4 Å². The molecular formula is C15H22BrN3O. The van der Waals surface area contributed by atoms with Gasteiger partial charge in [0.05, 0.1) is 0 Å². The van der Waals surface area contributed by atoms with Gasteiger partial charge in [-0.2, -0.15) is 0 Å². The third-order valence-electron chi connectivity index (χ3n) is 3.78. The fraction of sp³-hybridized carbons (Fsp3) is 0.600. The number of hydrogen-bond acceptors (Lipinski definition) is 3. The lowest BCUT2D eigenvalue weighted by Crippen LogP contribution is -2.43. The van der Waals surface area contributed by atoms with Crippen LogP contribution in [0.15, 0.2) is 22.8 Å². The summed E-state index contributed by atoms with van der Waals surface area (Å²) in [6, 6.07) is 4.08. The summed E-state index contributed by atoms with van der Waals surface area (Å²) in [6.45, 7) is 1.65. The van der Waals surface area contributed by atoms with Gasteiger partial charge >= 0.3 is 0 Å². The lowest BCUT2D eigenvalue weighted by molar-refractivity contribution is 0.0660. The quantitative estimate of drug-likeness (QED) is 0.827. The van der Waals surface area contributed by atoms with Crippen molar-refractivity contribution in [2.45, 2.75) is 31.7 Å². The normalized spacial score (nSPS) is 15.8. The first-order valence-electron chi connectivity index (χ1n) is 7.16. The van der Waals surface area contributed by atoms with Crippen LogP contribution in [0.25, 0.3) is 0 Å². The second-order valence-electron chi connectivity index (χ2n) is 5.57. The van der Waals surface area contributed by atoms with Gasteiger partial charge in [-0.05, 0) is 55.0 Å². The molecule has 1 heterocycles. The van der Waals surface area contributed by atoms with Crippen molar-refractivity contribution in [3.63, 3.8) is 0 Å². The van der Waals surface area contributed by atoms with E-state index in [1.807, 2.05) is 31.1 Å². The predicted molar refractivity (Wildman–Crippen MR) is 83.8 cm³/mol. The van der Waals surface area contributed by atoms with E-state index in [2.05, 4.69) is 25.8 Å². The van der Waals surface area contributed by atoms with Gasteiger partial charge in [0.15, 0.2) is 0 Å². The molecular weight excluding hydrogens is 318 g/mol. The molecule has 0 saturated heterocycles. The number of pyridine rings is 1. The molecule has 1 aromatic heterocycles. The van der Waals surface area contributed by atoms with Gasteiger partial charge in [0, 0.05) is 29.8 Å². The zero-order chi connectivity index (χ0) is 14.5. The number of hydrogen-bond donors (Lipinski definition) is 0. The lowest BCUT2D eigenvalue weighted by Gasteiger charge is -2.30. The molecule has 0 radical (unpaired) electrons. The Morgan fingerprint density at radius 2 is 2.05 bits per heavy atom. The second kappa shape index (κ2) is 7.18. The average molecular weight is 340 g/mol. The summed E-state index contributed by atoms with van der Waals surface area (Å²) in [5.41, 5.74) is 0.526. The van der Waals surface area contributed by atoms with E-state index in [1.165, 1.54) is 12.8 Å². The van der Waals surface area contributed by atoms with E-state index in [1.54, 1.807) is 6.20 Å². The van der Waals surface area contributed by atoms with Crippen molar-refractivity contribution < 1.29 is 4.79 Å². The van der Waals surface area contributed by atoms with E-state index in [9.17, 15) is 4.79 Å². The monoisotopic (exact) mass is 339 g/mol. The van der Waals surface area contributed by atoms with Crippen LogP contribution < -0.4 is 0 Å². The predicted octanol–water partition coefficient (Wildman–Crippen LogP) is 2.79. The zero-order valence-corrected chi connectivity index (χ0v) is 13.8. The summed E-state index contributed by atoms with van der Waals surface area (Å²) >= 11 is 3.43. The van der Waals surface area contributed by atoms with Crippen molar-refractivity contribution in [3.8, 4) is 0 Å². The molecule has 1 aliphatic rings. The highest BCUT2D eigenvalue weighted by Gasteiger charge is 2.28. The number of carbonyl (C=O) groups excluding carboxylic acids is 1. The average Bonchev–Trinajstić information content (AvgIpc) is 2.93. The van der Waals surface area contributed by atoms with E-state index < -0.39 is 0 Å². The molecule has 110 valence electrons. The first-order chi connectivity index (χ1) is 9.59. The van der Waals surface area contributed by atoms with E-state index in [0.717, 1.165) is 30.4 Å². The molecule has 5 heteroatoms. The highest BCUT2D eigenvalue weighted by molar-refractivity contribution is 9.10. The Balaban J connectivity index is 2.16. The number of halogens is 1. The SMILES string of the molecule is CN(C)CCN(C(=O)c1ncccc1Br)C1CCCC1. The summed E-state index contributed by atoms with van der Waals surface area (Å²) in [7, 11) is 4.07. The van der Waals surface area contributed by atoms with Crippen LogP contribution in [-0.4, -0.2) is 53.9 Å². The van der Waals surface area contributed by atoms with Gasteiger partial charge in [-0.3, -0.25) is 4.79 Å². The van der Waals surface area contributed by atoms with Gasteiger partial charge in [0.2, 0.25) is 0 Å². The summed E-state index contributed by atoms with van der Waals surface area (Å²) in [5, 5.41) is 0. The molecule has 2 rings (SSSR count). The molecule has 4 nitrogen and oxygen atoms in total. The van der Waals surface area contributed by atoms with Crippen LogP contribution in [0, 0.1) is 0 Å². The number of rotatable bonds is 5. The van der Waals surface area contributed by atoms with E-state index in [4.69, 9.17) is 0 Å². The van der Waals surface area contributed by atoms with Crippen molar-refractivity contribution in [2.75, 3.05) is 27.2 Å². The first kappa shape index (κ1) is 15.4. The molecule has 0 bridgehead atoms. The van der Waals surface area contributed by atoms with Gasteiger partial charge in [-0.25, -0.2) is 4.98 Å². The third kappa shape index (κ3) is 3.79. The molecule has 1 aliphatic carbocycles. The van der Waals surface area contributed by atoms with Crippen LogP contribution >= 0.6 is 15.9 Å². The Morgan fingerprint density at radius 3 is 2.65 bits per heavy atom. The van der Waals surface area contributed by atoms with Crippen LogP contribution in [0.1, 0.15) is 36.2 Å². The summed E-state index contributed by atoms with van der Waals surface area (Å²) in [6.07, 6.45) is 6.35. The Hall–Kier alpha value is -0.940. The van der Waals surface area contributed by atoms with Gasteiger partial charge in [-0.1, -0.05) is 12.8 Å². The zero-order valence-electron chi connectivity index (χ0n) is 12.2. The molecule has 0 atom stereocenters. The summed E-state index contributed by atoms with van der Waals surface area (Å²) in [4.78, 5) is 21.2. The van der Waals surface area contributed by atoms with Gasteiger partial charge < -0.3 is 9.80 Å². The fourth-order valence-corrected chi connectivity index (χ4v) is 3.08. The van der Waals surface area contributed by atoms with Crippen molar-refractivity contribution in [3.05, 3.63) is 28.5 Å². The molecule has 20 heavy (non-hydrogen) atoms. The maximum atomic E-state index is 12.8. The van der Waals surface area contributed by atoms with Crippen molar-refractivity contribution in [1.82, 2.24) is 14.8 Å². The van der Waals surface area contributed by atoms with Crippen LogP contribution in [-0.2, 0) is 0 Å². The smallest absolute Gasteiger partial charge is 0.273 e. The van der Waals surface area contributed by atoms with Crippen LogP contribution in [0.4, 0.5) is 0 Å². The van der Waals surface area contributed by atoms with E-state index >= 15 is 0 Å². The molecule has 0 aromatic carbocycles. The molecule has 1 saturated carbocycles. The van der Waals surface area contributed by atoms with Crippen LogP contribution in [0.3, 0.4) is 0 Å². The largest absolute Gasteiger partial charge is 0.333 e. The Labute approximate surface area is 129 Å². The minimum atomic E-state index is 0.0474. The van der Waals surface area contributed by atoms with E-state index in [-0.39, 0.29) is 5.91 Å². The maximum Gasteiger partial charge on any atom is 0.273 e. The summed E-state index contributed by atoms with van der Waals surface area (Å²) < 4.78 is 0.776. The molecule has 1 amide bonds. The molecule has 0 spiro atoms. The van der Waals surface area contributed by atoms with Gasteiger partial charge in [-0.15, -0.1) is 0 Å². The number of carbonyl (C=O) groups is 1. The van der Waals surface area contributed by atoms with Crippen molar-refractivity contribution >= 4 is 21.8 Å². The number of amides is 1. The molecule has 0 aliphatic heterocycles. The van der Waals surface area contributed by atoms with Crippen molar-refractivity contribution in [2.24, 2.45) is 0 Å². The fourth-order valence-electron chi connectivity index (χ4n) is 2.65. The molecule has 1 aromatic rings. The van der Waals surface area contributed by atoms with Crippen molar-refractivity contribution in [1.29, 1.82) is 0 Å². The van der Waals surface area contributed by atoms with Gasteiger partial charge in [0.25, 0.3) is 5.91 Å². The third-order valence-corrected chi connectivity index (χ3v) is 4.42. The summed E-state index contributed by atoms with van der Waals surface area (Å²) in [5.74, 6) is 0.0474. The Morgan fingerprint density at radius 1 is 1.35 bits per heavy atom. The second-order valence-corrected chi connectivity index (χ2v) is 6.43. The highest BCUT2D eigenvalue weighted by Crippen LogP contribution is 2.26. The molecule has 0 N–H and O–H groups in total. The maximum absolute atomic E-state index is 12.8. The minimum absolute atomic E-state index is 0.0474. The Kier molecular flexibility index (Phi) is 5.54. The number of likely N-dealkylation sites (N-methyl/N-ethyl adjacent to an activating group) is 1. The molecule has 1 fully saturated rings. The minimum Gasteiger partial charge on any atom is -0.333 e. The number of nitrogens with zero attached hydrogens (tertiary/aromatic N) is 3. The standard InChI is InChI=1S/C15H22BrN3O/c1-18(2)10-11-19(12-6-3-4-7-12)15(20)14-13(16)8-5-9-17-14/h5,8-9,12H,3-4,6-7,10-11H2,1-2H3. The van der Waals surface area contributed by atoms with Crippen LogP contribution in [0.5, 0.6) is 0 Å². The lowest BCUT2D eigenvalue weighted by atomic mass is 10.2. The van der Waals surface area contributed by atoms with E-state index in [0.29, 0.717) is 11.7 Å². The highest BCUT2D eigenvalue weighted by atomic mass is 79.9. The van der Waals surface area contributed by atoms with Crippen LogP contribution in [0.2, 0.25) is 0 Å². The Bertz CT molecular complexity index is 458. The number of aromatic nitrogens is 1. The van der Waals surface area contributed by atoms with Gasteiger partial charge in [0.1, 0.15) is 5.69 Å².